The highest BCUT2D eigenvalue weighted by molar-refractivity contribution is 5.80. The van der Waals surface area contributed by atoms with E-state index in [0.717, 1.165) is 35.6 Å². The van der Waals surface area contributed by atoms with E-state index >= 15 is 0 Å². The molecule has 0 bridgehead atoms. The van der Waals surface area contributed by atoms with Crippen molar-refractivity contribution in [2.24, 2.45) is 5.10 Å². The van der Waals surface area contributed by atoms with Crippen LogP contribution in [0.2, 0.25) is 0 Å². The number of anilines is 2. The summed E-state index contributed by atoms with van der Waals surface area (Å²) in [6.45, 7) is 8.28. The van der Waals surface area contributed by atoms with Crippen LogP contribution in [0.3, 0.4) is 0 Å². The number of aryl methyl sites for hydroxylation is 1. The van der Waals surface area contributed by atoms with Crippen LogP contribution in [0.25, 0.3) is 11.3 Å². The summed E-state index contributed by atoms with van der Waals surface area (Å²) in [5.41, 5.74) is 8.02. The number of nitrogens with zero attached hydrogens (tertiary/aromatic N) is 4. The summed E-state index contributed by atoms with van der Waals surface area (Å²) in [5, 5.41) is 4.29. The summed E-state index contributed by atoms with van der Waals surface area (Å²) in [7, 11) is 0. The molecule has 2 aromatic carbocycles. The number of hydrazone groups is 1. The van der Waals surface area contributed by atoms with Crippen molar-refractivity contribution in [2.75, 3.05) is 23.4 Å². The molecule has 27 heavy (non-hydrogen) atoms. The van der Waals surface area contributed by atoms with Crippen LogP contribution >= 0.6 is 0 Å². The van der Waals surface area contributed by atoms with E-state index in [0.29, 0.717) is 5.95 Å². The van der Waals surface area contributed by atoms with Gasteiger partial charge < -0.3 is 4.90 Å². The Labute approximate surface area is 160 Å². The van der Waals surface area contributed by atoms with Crippen LogP contribution in [0.1, 0.15) is 25.1 Å². The first-order valence-electron chi connectivity index (χ1n) is 9.24. The van der Waals surface area contributed by atoms with Gasteiger partial charge in [0.1, 0.15) is 0 Å². The quantitative estimate of drug-likeness (QED) is 0.489. The van der Waals surface area contributed by atoms with E-state index < -0.39 is 0 Å². The Morgan fingerprint density at radius 2 is 1.67 bits per heavy atom. The molecule has 0 amide bonds. The van der Waals surface area contributed by atoms with Gasteiger partial charge in [-0.3, -0.25) is 0 Å². The first-order valence-corrected chi connectivity index (χ1v) is 9.24. The van der Waals surface area contributed by atoms with Crippen molar-refractivity contribution in [3.05, 3.63) is 71.9 Å². The molecule has 0 radical (unpaired) electrons. The zero-order chi connectivity index (χ0) is 19.1. The lowest BCUT2D eigenvalue weighted by Crippen LogP contribution is -2.21. The molecule has 0 aliphatic rings. The Bertz CT molecular complexity index is 884. The fourth-order valence-electron chi connectivity index (χ4n) is 2.90. The molecule has 1 aromatic heterocycles. The maximum atomic E-state index is 4.55. The van der Waals surface area contributed by atoms with Gasteiger partial charge in [-0.15, -0.1) is 0 Å². The summed E-state index contributed by atoms with van der Waals surface area (Å²) in [4.78, 5) is 11.3. The van der Waals surface area contributed by atoms with E-state index in [9.17, 15) is 0 Å². The van der Waals surface area contributed by atoms with Gasteiger partial charge >= 0.3 is 0 Å². The third kappa shape index (κ3) is 4.91. The molecule has 0 unspecified atom stereocenters. The monoisotopic (exact) mass is 359 g/mol. The number of aromatic nitrogens is 2. The standard InChI is InChI=1S/C22H25N5/c1-4-27(5-2)20-13-11-18(12-14-20)16-23-26-22-24-17(3)15-21(25-22)19-9-7-6-8-10-19/h6-16H,4-5H2,1-3H3,(H,24,25,26). The molecule has 0 fully saturated rings. The van der Waals surface area contributed by atoms with Crippen molar-refractivity contribution in [3.8, 4) is 11.3 Å². The van der Waals surface area contributed by atoms with Gasteiger partial charge in [0.15, 0.2) is 0 Å². The van der Waals surface area contributed by atoms with E-state index in [1.165, 1.54) is 5.69 Å². The second kappa shape index (κ2) is 8.94. The van der Waals surface area contributed by atoms with Crippen LogP contribution < -0.4 is 10.3 Å². The molecule has 3 aromatic rings. The summed E-state index contributed by atoms with van der Waals surface area (Å²) in [6, 6.07) is 20.4. The van der Waals surface area contributed by atoms with Gasteiger partial charge in [-0.2, -0.15) is 5.10 Å². The van der Waals surface area contributed by atoms with Gasteiger partial charge in [0.25, 0.3) is 0 Å². The minimum absolute atomic E-state index is 0.491. The summed E-state index contributed by atoms with van der Waals surface area (Å²) < 4.78 is 0. The van der Waals surface area contributed by atoms with Crippen LogP contribution in [0.15, 0.2) is 65.8 Å². The van der Waals surface area contributed by atoms with Crippen LogP contribution in [0.5, 0.6) is 0 Å². The van der Waals surface area contributed by atoms with Crippen molar-refractivity contribution in [1.82, 2.24) is 9.97 Å². The number of hydrogen-bond donors (Lipinski definition) is 1. The summed E-state index contributed by atoms with van der Waals surface area (Å²) in [5.74, 6) is 0.491. The van der Waals surface area contributed by atoms with Crippen LogP contribution in [-0.2, 0) is 0 Å². The molecular weight excluding hydrogens is 334 g/mol. The molecule has 0 saturated heterocycles. The Kier molecular flexibility index (Phi) is 6.15. The van der Waals surface area contributed by atoms with E-state index in [2.05, 4.69) is 63.5 Å². The van der Waals surface area contributed by atoms with Gasteiger partial charge in [-0.05, 0) is 44.5 Å². The third-order valence-corrected chi connectivity index (χ3v) is 4.32. The lowest BCUT2D eigenvalue weighted by molar-refractivity contribution is 0.866. The van der Waals surface area contributed by atoms with Gasteiger partial charge in [0.2, 0.25) is 5.95 Å². The van der Waals surface area contributed by atoms with Crippen molar-refractivity contribution >= 4 is 17.9 Å². The maximum absolute atomic E-state index is 4.55. The van der Waals surface area contributed by atoms with E-state index in [-0.39, 0.29) is 0 Å². The molecule has 0 aliphatic carbocycles. The summed E-state index contributed by atoms with van der Waals surface area (Å²) in [6.07, 6.45) is 1.78. The maximum Gasteiger partial charge on any atom is 0.244 e. The smallest absolute Gasteiger partial charge is 0.244 e. The third-order valence-electron chi connectivity index (χ3n) is 4.32. The van der Waals surface area contributed by atoms with Crippen LogP contribution in [0, 0.1) is 6.92 Å². The Morgan fingerprint density at radius 1 is 0.963 bits per heavy atom. The first kappa shape index (κ1) is 18.6. The van der Waals surface area contributed by atoms with Gasteiger partial charge in [-0.1, -0.05) is 42.5 Å². The zero-order valence-electron chi connectivity index (χ0n) is 16.1. The lowest BCUT2D eigenvalue weighted by atomic mass is 10.1. The van der Waals surface area contributed by atoms with E-state index in [1.54, 1.807) is 6.21 Å². The highest BCUT2D eigenvalue weighted by Gasteiger charge is 2.04. The van der Waals surface area contributed by atoms with Crippen molar-refractivity contribution in [3.63, 3.8) is 0 Å². The lowest BCUT2D eigenvalue weighted by Gasteiger charge is -2.20. The molecule has 0 aliphatic heterocycles. The number of hydrogen-bond acceptors (Lipinski definition) is 5. The van der Waals surface area contributed by atoms with Crippen LogP contribution in [-0.4, -0.2) is 29.3 Å². The summed E-state index contributed by atoms with van der Waals surface area (Å²) >= 11 is 0. The predicted molar refractivity (Wildman–Crippen MR) is 113 cm³/mol. The molecule has 5 nitrogen and oxygen atoms in total. The Morgan fingerprint density at radius 3 is 2.33 bits per heavy atom. The van der Waals surface area contributed by atoms with Gasteiger partial charge in [0.05, 0.1) is 11.9 Å². The molecule has 0 atom stereocenters. The van der Waals surface area contributed by atoms with Crippen molar-refractivity contribution in [2.45, 2.75) is 20.8 Å². The molecule has 1 N–H and O–H groups in total. The molecule has 138 valence electrons. The highest BCUT2D eigenvalue weighted by atomic mass is 15.3. The van der Waals surface area contributed by atoms with Crippen LogP contribution in [0.4, 0.5) is 11.6 Å². The molecular formula is C22H25N5. The molecule has 0 saturated carbocycles. The zero-order valence-corrected chi connectivity index (χ0v) is 16.1. The Balaban J connectivity index is 1.70. The van der Waals surface area contributed by atoms with Gasteiger partial charge in [-0.25, -0.2) is 15.4 Å². The number of rotatable bonds is 7. The van der Waals surface area contributed by atoms with E-state index in [1.807, 2.05) is 43.3 Å². The molecule has 5 heteroatoms. The van der Waals surface area contributed by atoms with E-state index in [4.69, 9.17) is 0 Å². The minimum atomic E-state index is 0.491. The second-order valence-corrected chi connectivity index (χ2v) is 6.22. The predicted octanol–water partition coefficient (Wildman–Crippen LogP) is 4.74. The SMILES string of the molecule is CCN(CC)c1ccc(C=NNc2nc(C)cc(-c3ccccc3)n2)cc1. The topological polar surface area (TPSA) is 53.4 Å². The largest absolute Gasteiger partial charge is 0.372 e. The Hall–Kier alpha value is -3.21. The fourth-order valence-corrected chi connectivity index (χ4v) is 2.90. The number of benzene rings is 2. The minimum Gasteiger partial charge on any atom is -0.372 e. The second-order valence-electron chi connectivity index (χ2n) is 6.22. The normalized spacial score (nSPS) is 10.9. The van der Waals surface area contributed by atoms with Crippen molar-refractivity contribution < 1.29 is 0 Å². The molecule has 3 rings (SSSR count). The average molecular weight is 359 g/mol. The number of nitrogens with one attached hydrogen (secondary N) is 1. The highest BCUT2D eigenvalue weighted by Crippen LogP contribution is 2.19. The van der Waals surface area contributed by atoms with Crippen molar-refractivity contribution in [1.29, 1.82) is 0 Å². The first-order chi connectivity index (χ1) is 13.2. The average Bonchev–Trinajstić information content (AvgIpc) is 2.70. The fraction of sp³-hybridized carbons (Fsp3) is 0.227. The molecule has 0 spiro atoms. The molecule has 1 heterocycles. The van der Waals surface area contributed by atoms with Gasteiger partial charge in [0, 0.05) is 30.0 Å².